The molecule has 2 rings (SSSR count). The highest BCUT2D eigenvalue weighted by molar-refractivity contribution is 7.90. The molecule has 0 aromatic heterocycles. The van der Waals surface area contributed by atoms with Crippen molar-refractivity contribution in [3.8, 4) is 0 Å². The molecular formula is C18H23NO2S. The van der Waals surface area contributed by atoms with Gasteiger partial charge < -0.3 is 0 Å². The summed E-state index contributed by atoms with van der Waals surface area (Å²) < 4.78 is 23.0. The van der Waals surface area contributed by atoms with Crippen molar-refractivity contribution in [3.63, 3.8) is 0 Å². The van der Waals surface area contributed by atoms with Crippen LogP contribution in [0.25, 0.3) is 0 Å². The van der Waals surface area contributed by atoms with E-state index in [9.17, 15) is 8.42 Å². The molecule has 0 amide bonds. The summed E-state index contributed by atoms with van der Waals surface area (Å²) in [4.78, 5) is 2.62. The number of hydrogen-bond donors (Lipinski definition) is 0. The Labute approximate surface area is 133 Å². The van der Waals surface area contributed by atoms with Crippen molar-refractivity contribution in [2.24, 2.45) is 0 Å². The summed E-state index contributed by atoms with van der Waals surface area (Å²) in [5, 5.41) is 0. The van der Waals surface area contributed by atoms with Crippen LogP contribution in [0.15, 0.2) is 53.4 Å². The molecule has 0 aliphatic heterocycles. The van der Waals surface area contributed by atoms with Gasteiger partial charge in [0.1, 0.15) is 0 Å². The molecule has 3 nitrogen and oxygen atoms in total. The first-order chi connectivity index (χ1) is 10.3. The smallest absolute Gasteiger partial charge is 0.175 e. The number of hydrogen-bond acceptors (Lipinski definition) is 3. The highest BCUT2D eigenvalue weighted by Gasteiger charge is 2.13. The van der Waals surface area contributed by atoms with E-state index in [1.54, 1.807) is 12.1 Å². The van der Waals surface area contributed by atoms with Gasteiger partial charge in [-0.1, -0.05) is 42.0 Å². The maximum Gasteiger partial charge on any atom is 0.175 e. The van der Waals surface area contributed by atoms with Crippen LogP contribution in [0, 0.1) is 6.92 Å². The van der Waals surface area contributed by atoms with E-state index in [1.165, 1.54) is 17.4 Å². The molecule has 4 heteroatoms. The molecule has 0 saturated carbocycles. The van der Waals surface area contributed by atoms with Gasteiger partial charge in [0.15, 0.2) is 9.84 Å². The maximum atomic E-state index is 11.5. The summed E-state index contributed by atoms with van der Waals surface area (Å²) in [5.74, 6) is 0. The van der Waals surface area contributed by atoms with Gasteiger partial charge in [0.05, 0.1) is 4.90 Å². The molecule has 0 N–H and O–H groups in total. The Kier molecular flexibility index (Phi) is 5.04. The summed E-state index contributed by atoms with van der Waals surface area (Å²) >= 11 is 0. The van der Waals surface area contributed by atoms with Gasteiger partial charge in [-0.25, -0.2) is 8.42 Å². The number of rotatable bonds is 5. The van der Waals surface area contributed by atoms with Gasteiger partial charge in [-0.3, -0.25) is 4.90 Å². The van der Waals surface area contributed by atoms with Crippen molar-refractivity contribution in [2.75, 3.05) is 13.3 Å². The predicted octanol–water partition coefficient (Wildman–Crippen LogP) is 3.59. The normalized spacial score (nSPS) is 13.3. The van der Waals surface area contributed by atoms with Gasteiger partial charge in [-0.2, -0.15) is 0 Å². The van der Waals surface area contributed by atoms with E-state index >= 15 is 0 Å². The zero-order valence-corrected chi connectivity index (χ0v) is 14.4. The topological polar surface area (TPSA) is 37.4 Å². The Bertz CT molecular complexity index is 736. The molecular weight excluding hydrogens is 294 g/mol. The molecule has 0 bridgehead atoms. The van der Waals surface area contributed by atoms with Crippen LogP contribution >= 0.6 is 0 Å². The molecule has 22 heavy (non-hydrogen) atoms. The standard InChI is InChI=1S/C18H23NO2S/c1-14-6-5-7-16(12-14)13-19(3)15(2)17-8-10-18(11-9-17)22(4,20)21/h5-12,15H,13H2,1-4H3/t15-/m0/s1. The van der Waals surface area contributed by atoms with Crippen LogP contribution < -0.4 is 0 Å². The van der Waals surface area contributed by atoms with Gasteiger partial charge in [0.2, 0.25) is 0 Å². The van der Waals surface area contributed by atoms with Crippen molar-refractivity contribution >= 4 is 9.84 Å². The number of benzene rings is 2. The average molecular weight is 317 g/mol. The summed E-state index contributed by atoms with van der Waals surface area (Å²) in [6.07, 6.45) is 1.23. The molecule has 0 radical (unpaired) electrons. The van der Waals surface area contributed by atoms with Crippen LogP contribution in [0.3, 0.4) is 0 Å². The third kappa shape index (κ3) is 4.18. The second-order valence-electron chi connectivity index (χ2n) is 5.92. The van der Waals surface area contributed by atoms with E-state index in [2.05, 4.69) is 50.1 Å². The van der Waals surface area contributed by atoms with Gasteiger partial charge in [-0.15, -0.1) is 0 Å². The second-order valence-corrected chi connectivity index (χ2v) is 7.94. The minimum atomic E-state index is -3.13. The van der Waals surface area contributed by atoms with E-state index < -0.39 is 9.84 Å². The van der Waals surface area contributed by atoms with Crippen molar-refractivity contribution in [1.82, 2.24) is 4.90 Å². The molecule has 0 aliphatic carbocycles. The average Bonchev–Trinajstić information content (AvgIpc) is 2.45. The lowest BCUT2D eigenvalue weighted by atomic mass is 10.1. The molecule has 0 spiro atoms. The van der Waals surface area contributed by atoms with E-state index in [0.29, 0.717) is 4.90 Å². The van der Waals surface area contributed by atoms with Gasteiger partial charge in [0, 0.05) is 18.8 Å². The minimum Gasteiger partial charge on any atom is -0.295 e. The molecule has 118 valence electrons. The highest BCUT2D eigenvalue weighted by atomic mass is 32.2. The van der Waals surface area contributed by atoms with Crippen molar-refractivity contribution in [3.05, 3.63) is 65.2 Å². The summed E-state index contributed by atoms with van der Waals surface area (Å²) in [5.41, 5.74) is 3.65. The zero-order chi connectivity index (χ0) is 16.3. The number of aryl methyl sites for hydroxylation is 1. The van der Waals surface area contributed by atoms with E-state index in [4.69, 9.17) is 0 Å². The molecule has 0 aliphatic rings. The molecule has 0 heterocycles. The third-order valence-corrected chi connectivity index (χ3v) is 5.09. The number of nitrogens with zero attached hydrogens (tertiary/aromatic N) is 1. The molecule has 2 aromatic carbocycles. The van der Waals surface area contributed by atoms with Crippen molar-refractivity contribution < 1.29 is 8.42 Å². The quantitative estimate of drug-likeness (QED) is 0.845. The van der Waals surface area contributed by atoms with E-state index in [1.807, 2.05) is 12.1 Å². The van der Waals surface area contributed by atoms with Gasteiger partial charge in [-0.05, 0) is 44.2 Å². The van der Waals surface area contributed by atoms with E-state index in [-0.39, 0.29) is 6.04 Å². The van der Waals surface area contributed by atoms with Crippen LogP contribution in [0.5, 0.6) is 0 Å². The molecule has 1 atom stereocenters. The second kappa shape index (κ2) is 6.63. The zero-order valence-electron chi connectivity index (χ0n) is 13.6. The molecule has 0 fully saturated rings. The maximum absolute atomic E-state index is 11.5. The summed E-state index contributed by atoms with van der Waals surface area (Å²) in [6.45, 7) is 5.08. The fourth-order valence-electron chi connectivity index (χ4n) is 2.48. The Hall–Kier alpha value is -1.65. The van der Waals surface area contributed by atoms with Crippen molar-refractivity contribution in [2.45, 2.75) is 31.3 Å². The van der Waals surface area contributed by atoms with Gasteiger partial charge >= 0.3 is 0 Å². The lowest BCUT2D eigenvalue weighted by Gasteiger charge is -2.25. The Morgan fingerprint density at radius 3 is 2.27 bits per heavy atom. The number of sulfone groups is 1. The Balaban J connectivity index is 2.12. The van der Waals surface area contributed by atoms with Crippen molar-refractivity contribution in [1.29, 1.82) is 0 Å². The van der Waals surface area contributed by atoms with Gasteiger partial charge in [0.25, 0.3) is 0 Å². The first kappa shape index (κ1) is 16.7. The van der Waals surface area contributed by atoms with Crippen LogP contribution in [-0.2, 0) is 16.4 Å². The van der Waals surface area contributed by atoms with Crippen LogP contribution in [0.4, 0.5) is 0 Å². The largest absolute Gasteiger partial charge is 0.295 e. The summed E-state index contributed by atoms with van der Waals surface area (Å²) in [7, 11) is -1.05. The molecule has 0 saturated heterocycles. The first-order valence-corrected chi connectivity index (χ1v) is 9.22. The minimum absolute atomic E-state index is 0.217. The lowest BCUT2D eigenvalue weighted by Crippen LogP contribution is -2.22. The molecule has 2 aromatic rings. The Morgan fingerprint density at radius 2 is 1.73 bits per heavy atom. The van der Waals surface area contributed by atoms with E-state index in [0.717, 1.165) is 12.1 Å². The monoisotopic (exact) mass is 317 g/mol. The fourth-order valence-corrected chi connectivity index (χ4v) is 3.11. The SMILES string of the molecule is Cc1cccc(CN(C)[C@@H](C)c2ccc(S(C)(=O)=O)cc2)c1. The fraction of sp³-hybridized carbons (Fsp3) is 0.333. The lowest BCUT2D eigenvalue weighted by molar-refractivity contribution is 0.253. The molecule has 0 unspecified atom stereocenters. The van der Waals surface area contributed by atoms with Crippen LogP contribution in [0.1, 0.15) is 29.7 Å². The highest BCUT2D eigenvalue weighted by Crippen LogP contribution is 2.22. The Morgan fingerprint density at radius 1 is 1.09 bits per heavy atom. The first-order valence-electron chi connectivity index (χ1n) is 7.33. The predicted molar refractivity (Wildman–Crippen MR) is 90.6 cm³/mol. The van der Waals surface area contributed by atoms with Crippen LogP contribution in [-0.4, -0.2) is 26.6 Å². The van der Waals surface area contributed by atoms with Crippen LogP contribution in [0.2, 0.25) is 0 Å². The summed E-state index contributed by atoms with van der Waals surface area (Å²) in [6, 6.07) is 15.9. The third-order valence-electron chi connectivity index (χ3n) is 3.97.